The second-order valence-corrected chi connectivity index (χ2v) is 4.87. The van der Waals surface area contributed by atoms with Crippen LogP contribution in [0.15, 0.2) is 24.7 Å². The number of nitrogens with one attached hydrogen (secondary N) is 1. The van der Waals surface area contributed by atoms with Crippen LogP contribution < -0.4 is 5.32 Å². The minimum atomic E-state index is -0.884. The molecular weight excluding hydrogens is 274 g/mol. The molecule has 2 atom stereocenters. The number of rotatable bonds is 3. The summed E-state index contributed by atoms with van der Waals surface area (Å²) < 4.78 is 1.49. The molecule has 0 saturated heterocycles. The summed E-state index contributed by atoms with van der Waals surface area (Å²) in [7, 11) is 0. The Hall–Kier alpha value is -2.77. The summed E-state index contributed by atoms with van der Waals surface area (Å²) >= 11 is 0. The number of carboxylic acids is 1. The summed E-state index contributed by atoms with van der Waals surface area (Å²) in [6.45, 7) is 1.75. The number of aliphatic carboxylic acids is 1. The first kappa shape index (κ1) is 13.2. The summed E-state index contributed by atoms with van der Waals surface area (Å²) in [5.74, 6) is -1.31. The lowest BCUT2D eigenvalue weighted by Crippen LogP contribution is -2.34. The first-order chi connectivity index (χ1) is 10.1. The van der Waals surface area contributed by atoms with Crippen LogP contribution in [0.2, 0.25) is 0 Å². The van der Waals surface area contributed by atoms with Crippen LogP contribution in [0.4, 0.5) is 0 Å². The molecule has 1 aliphatic carbocycles. The van der Waals surface area contributed by atoms with Crippen molar-refractivity contribution in [2.75, 3.05) is 0 Å². The Bertz CT molecular complexity index is 751. The van der Waals surface area contributed by atoms with Crippen molar-refractivity contribution in [1.29, 1.82) is 0 Å². The van der Waals surface area contributed by atoms with E-state index in [4.69, 9.17) is 5.11 Å². The number of aromatic nitrogens is 4. The Morgan fingerprint density at radius 2 is 2.19 bits per heavy atom. The predicted octanol–water partition coefficient (Wildman–Crippen LogP) is 0.192. The second kappa shape index (κ2) is 4.97. The summed E-state index contributed by atoms with van der Waals surface area (Å²) in [4.78, 5) is 31.2. The highest BCUT2D eigenvalue weighted by atomic mass is 16.4. The SMILES string of the molecule is Cc1c(C(=O)NC2C=CC(C(=O)O)C2)cnc2ncnn12. The highest BCUT2D eigenvalue weighted by molar-refractivity contribution is 5.95. The van der Waals surface area contributed by atoms with E-state index in [0.29, 0.717) is 23.5 Å². The molecule has 21 heavy (non-hydrogen) atoms. The zero-order valence-electron chi connectivity index (χ0n) is 11.2. The zero-order chi connectivity index (χ0) is 15.0. The summed E-state index contributed by atoms with van der Waals surface area (Å²) in [6.07, 6.45) is 6.47. The minimum Gasteiger partial charge on any atom is -0.481 e. The molecule has 0 spiro atoms. The second-order valence-electron chi connectivity index (χ2n) is 4.87. The van der Waals surface area contributed by atoms with E-state index in [0.717, 1.165) is 0 Å². The van der Waals surface area contributed by atoms with E-state index in [1.54, 1.807) is 19.1 Å². The highest BCUT2D eigenvalue weighted by Crippen LogP contribution is 2.18. The molecule has 0 bridgehead atoms. The Balaban J connectivity index is 1.77. The topological polar surface area (TPSA) is 109 Å². The van der Waals surface area contributed by atoms with Crippen molar-refractivity contribution in [3.63, 3.8) is 0 Å². The summed E-state index contributed by atoms with van der Waals surface area (Å²) in [5.41, 5.74) is 1.02. The van der Waals surface area contributed by atoms with Gasteiger partial charge in [0.2, 0.25) is 0 Å². The molecule has 1 amide bonds. The fourth-order valence-electron chi connectivity index (χ4n) is 2.35. The molecule has 0 aromatic carbocycles. The van der Waals surface area contributed by atoms with Gasteiger partial charge in [-0.1, -0.05) is 12.2 Å². The van der Waals surface area contributed by atoms with E-state index in [1.165, 1.54) is 17.0 Å². The van der Waals surface area contributed by atoms with Crippen LogP contribution in [0.3, 0.4) is 0 Å². The number of carboxylic acid groups (broad SMARTS) is 1. The van der Waals surface area contributed by atoms with Gasteiger partial charge in [0.1, 0.15) is 6.33 Å². The fourth-order valence-corrected chi connectivity index (χ4v) is 2.35. The highest BCUT2D eigenvalue weighted by Gasteiger charge is 2.26. The van der Waals surface area contributed by atoms with Crippen molar-refractivity contribution in [2.45, 2.75) is 19.4 Å². The van der Waals surface area contributed by atoms with Gasteiger partial charge in [0.25, 0.3) is 11.7 Å². The third-order valence-electron chi connectivity index (χ3n) is 3.51. The van der Waals surface area contributed by atoms with Crippen LogP contribution in [0, 0.1) is 12.8 Å². The van der Waals surface area contributed by atoms with E-state index in [1.807, 2.05) is 0 Å². The molecule has 108 valence electrons. The molecule has 0 fully saturated rings. The molecule has 3 rings (SSSR count). The molecule has 8 heteroatoms. The van der Waals surface area contributed by atoms with E-state index in [2.05, 4.69) is 20.4 Å². The van der Waals surface area contributed by atoms with E-state index in [-0.39, 0.29) is 11.9 Å². The standard InChI is InChI=1S/C13H13N5O3/c1-7-10(5-14-13-15-6-16-18(7)13)11(19)17-9-3-2-8(4-9)12(20)21/h2-3,5-6,8-9H,4H2,1H3,(H,17,19)(H,20,21). The Morgan fingerprint density at radius 1 is 1.38 bits per heavy atom. The van der Waals surface area contributed by atoms with Gasteiger partial charge in [-0.25, -0.2) is 9.50 Å². The lowest BCUT2D eigenvalue weighted by molar-refractivity contribution is -0.140. The molecular formula is C13H13N5O3. The van der Waals surface area contributed by atoms with Crippen molar-refractivity contribution in [2.24, 2.45) is 5.92 Å². The van der Waals surface area contributed by atoms with Gasteiger partial charge in [0, 0.05) is 12.2 Å². The van der Waals surface area contributed by atoms with Crippen LogP contribution in [0.1, 0.15) is 22.5 Å². The van der Waals surface area contributed by atoms with Gasteiger partial charge < -0.3 is 10.4 Å². The van der Waals surface area contributed by atoms with Gasteiger partial charge >= 0.3 is 5.97 Å². The van der Waals surface area contributed by atoms with Crippen LogP contribution in [0.25, 0.3) is 5.78 Å². The third-order valence-corrected chi connectivity index (χ3v) is 3.51. The monoisotopic (exact) mass is 287 g/mol. The molecule has 2 heterocycles. The number of amides is 1. The molecule has 0 aliphatic heterocycles. The first-order valence-corrected chi connectivity index (χ1v) is 6.43. The van der Waals surface area contributed by atoms with Crippen LogP contribution in [-0.4, -0.2) is 42.6 Å². The lowest BCUT2D eigenvalue weighted by Gasteiger charge is -2.13. The molecule has 1 aliphatic rings. The number of aryl methyl sites for hydroxylation is 1. The lowest BCUT2D eigenvalue weighted by atomic mass is 10.1. The fraction of sp³-hybridized carbons (Fsp3) is 0.308. The van der Waals surface area contributed by atoms with E-state index in [9.17, 15) is 9.59 Å². The van der Waals surface area contributed by atoms with Gasteiger partial charge in [0.15, 0.2) is 0 Å². The maximum Gasteiger partial charge on any atom is 0.310 e. The molecule has 8 nitrogen and oxygen atoms in total. The van der Waals surface area contributed by atoms with Gasteiger partial charge in [0.05, 0.1) is 17.2 Å². The van der Waals surface area contributed by atoms with Crippen LogP contribution in [0.5, 0.6) is 0 Å². The maximum atomic E-state index is 12.3. The van der Waals surface area contributed by atoms with Gasteiger partial charge in [-0.2, -0.15) is 10.1 Å². The number of nitrogens with zero attached hydrogens (tertiary/aromatic N) is 4. The average molecular weight is 287 g/mol. The molecule has 0 radical (unpaired) electrons. The minimum absolute atomic E-state index is 0.288. The maximum absolute atomic E-state index is 12.3. The van der Waals surface area contributed by atoms with Crippen LogP contribution in [-0.2, 0) is 4.79 Å². The quantitative estimate of drug-likeness (QED) is 0.780. The number of hydrogen-bond acceptors (Lipinski definition) is 5. The number of carbonyl (C=O) groups excluding carboxylic acids is 1. The molecule has 2 unspecified atom stereocenters. The van der Waals surface area contributed by atoms with Crippen molar-refractivity contribution >= 4 is 17.7 Å². The van der Waals surface area contributed by atoms with Crippen molar-refractivity contribution in [3.8, 4) is 0 Å². The number of carbonyl (C=O) groups is 2. The number of fused-ring (bicyclic) bond motifs is 1. The molecule has 2 aromatic heterocycles. The molecule has 0 saturated carbocycles. The van der Waals surface area contributed by atoms with Crippen molar-refractivity contribution < 1.29 is 14.7 Å². The van der Waals surface area contributed by atoms with Gasteiger partial charge in [-0.05, 0) is 13.3 Å². The summed E-state index contributed by atoms with van der Waals surface area (Å²) in [6, 6.07) is -0.288. The Labute approximate surface area is 119 Å². The normalized spacial score (nSPS) is 20.8. The molecule has 2 N–H and O–H groups in total. The van der Waals surface area contributed by atoms with Crippen molar-refractivity contribution in [1.82, 2.24) is 24.9 Å². The predicted molar refractivity (Wildman–Crippen MR) is 71.7 cm³/mol. The number of hydrogen-bond donors (Lipinski definition) is 2. The summed E-state index contributed by atoms with van der Waals surface area (Å²) in [5, 5.41) is 15.7. The van der Waals surface area contributed by atoms with Crippen LogP contribution >= 0.6 is 0 Å². The molecule has 2 aromatic rings. The first-order valence-electron chi connectivity index (χ1n) is 6.43. The van der Waals surface area contributed by atoms with E-state index >= 15 is 0 Å². The van der Waals surface area contributed by atoms with Gasteiger partial charge in [-0.15, -0.1) is 0 Å². The largest absolute Gasteiger partial charge is 0.481 e. The zero-order valence-corrected chi connectivity index (χ0v) is 11.2. The van der Waals surface area contributed by atoms with Crippen molar-refractivity contribution in [3.05, 3.63) is 35.9 Å². The Morgan fingerprint density at radius 3 is 2.90 bits per heavy atom. The third kappa shape index (κ3) is 2.35. The van der Waals surface area contributed by atoms with Gasteiger partial charge in [-0.3, -0.25) is 9.59 Å². The average Bonchev–Trinajstić information content (AvgIpc) is 3.07. The van der Waals surface area contributed by atoms with E-state index < -0.39 is 11.9 Å². The smallest absolute Gasteiger partial charge is 0.310 e. The Kier molecular flexibility index (Phi) is 3.13.